The van der Waals surface area contributed by atoms with Crippen LogP contribution in [0.2, 0.25) is 0 Å². The molecule has 3 N–H and O–H groups in total. The van der Waals surface area contributed by atoms with Crippen LogP contribution in [0.4, 0.5) is 8.78 Å². The van der Waals surface area contributed by atoms with Gasteiger partial charge in [-0.15, -0.1) is 12.4 Å². The highest BCUT2D eigenvalue weighted by molar-refractivity contribution is 5.85. The third-order valence-corrected chi connectivity index (χ3v) is 2.06. The zero-order valence-corrected chi connectivity index (χ0v) is 9.05. The molecule has 0 saturated heterocycles. The van der Waals surface area contributed by atoms with Gasteiger partial charge in [-0.25, -0.2) is 8.78 Å². The Labute approximate surface area is 97.9 Å². The summed E-state index contributed by atoms with van der Waals surface area (Å²) in [7, 11) is 0. The molecule has 0 aliphatic heterocycles. The first-order valence-corrected chi connectivity index (χ1v) is 4.25. The molecule has 0 heterocycles. The second-order valence-corrected chi connectivity index (χ2v) is 3.13. The summed E-state index contributed by atoms with van der Waals surface area (Å²) in [6.45, 7) is -1.30. The first kappa shape index (κ1) is 14.8. The molecular formula is C10H11ClF2N2O. The molecule has 0 amide bonds. The minimum Gasteiger partial charge on any atom is -0.390 e. The predicted octanol–water partition coefficient (Wildman–Crippen LogP) is 1.61. The molecule has 0 radical (unpaired) electrons. The van der Waals surface area contributed by atoms with Crippen LogP contribution >= 0.6 is 12.4 Å². The Balaban J connectivity index is 0.00000225. The molecule has 16 heavy (non-hydrogen) atoms. The van der Waals surface area contributed by atoms with Crippen molar-refractivity contribution in [3.05, 3.63) is 35.4 Å². The van der Waals surface area contributed by atoms with Gasteiger partial charge in [0, 0.05) is 0 Å². The molecule has 3 nitrogen and oxygen atoms in total. The lowest BCUT2D eigenvalue weighted by Crippen LogP contribution is -2.36. The van der Waals surface area contributed by atoms with E-state index in [1.165, 1.54) is 24.3 Å². The Morgan fingerprint density at radius 3 is 2.25 bits per heavy atom. The van der Waals surface area contributed by atoms with Crippen LogP contribution in [0.3, 0.4) is 0 Å². The van der Waals surface area contributed by atoms with Crippen LogP contribution in [0.25, 0.3) is 0 Å². The number of aliphatic hydroxyl groups excluding tert-OH is 1. The molecule has 0 aliphatic rings. The summed E-state index contributed by atoms with van der Waals surface area (Å²) in [4.78, 5) is 0. The van der Waals surface area contributed by atoms with Crippen molar-refractivity contribution >= 4 is 12.4 Å². The Morgan fingerprint density at radius 1 is 1.38 bits per heavy atom. The number of nitriles is 1. The summed E-state index contributed by atoms with van der Waals surface area (Å²) in [5.74, 6) is -3.35. The first-order chi connectivity index (χ1) is 7.01. The zero-order valence-electron chi connectivity index (χ0n) is 8.23. The number of nitrogens with two attached hydrogens (primary N) is 1. The molecule has 88 valence electrons. The van der Waals surface area contributed by atoms with E-state index in [1.54, 1.807) is 0 Å². The highest BCUT2D eigenvalue weighted by Gasteiger charge is 2.37. The maximum absolute atomic E-state index is 13.0. The van der Waals surface area contributed by atoms with Crippen molar-refractivity contribution in [2.45, 2.75) is 12.0 Å². The monoisotopic (exact) mass is 248 g/mol. The van der Waals surface area contributed by atoms with Crippen LogP contribution in [-0.2, 0) is 0 Å². The SMILES string of the molecule is Cl.N#Cc1ccc([C@@H](N)C(F)(F)CO)cc1. The van der Waals surface area contributed by atoms with E-state index in [2.05, 4.69) is 0 Å². The number of aliphatic hydroxyl groups is 1. The summed E-state index contributed by atoms with van der Waals surface area (Å²) in [5, 5.41) is 16.9. The number of hydrogen-bond donors (Lipinski definition) is 2. The van der Waals surface area contributed by atoms with Gasteiger partial charge in [0.25, 0.3) is 5.92 Å². The lowest BCUT2D eigenvalue weighted by atomic mass is 10.0. The number of nitrogens with zero attached hydrogens (tertiary/aromatic N) is 1. The second-order valence-electron chi connectivity index (χ2n) is 3.13. The number of alkyl halides is 2. The van der Waals surface area contributed by atoms with Gasteiger partial charge < -0.3 is 10.8 Å². The molecule has 0 aliphatic carbocycles. The average molecular weight is 249 g/mol. The van der Waals surface area contributed by atoms with Crippen LogP contribution < -0.4 is 5.73 Å². The largest absolute Gasteiger partial charge is 0.390 e. The third kappa shape index (κ3) is 3.14. The number of halogens is 3. The van der Waals surface area contributed by atoms with Gasteiger partial charge in [-0.1, -0.05) is 12.1 Å². The summed E-state index contributed by atoms with van der Waals surface area (Å²) >= 11 is 0. The molecule has 0 unspecified atom stereocenters. The van der Waals surface area contributed by atoms with Crippen molar-refractivity contribution in [3.63, 3.8) is 0 Å². The lowest BCUT2D eigenvalue weighted by Gasteiger charge is -2.21. The van der Waals surface area contributed by atoms with Gasteiger partial charge in [-0.3, -0.25) is 0 Å². The van der Waals surface area contributed by atoms with E-state index in [0.29, 0.717) is 5.56 Å². The molecule has 1 rings (SSSR count). The fraction of sp³-hybridized carbons (Fsp3) is 0.300. The van der Waals surface area contributed by atoms with Gasteiger partial charge in [-0.05, 0) is 17.7 Å². The van der Waals surface area contributed by atoms with E-state index in [4.69, 9.17) is 16.1 Å². The highest BCUT2D eigenvalue weighted by Crippen LogP contribution is 2.28. The Hall–Kier alpha value is -1.22. The van der Waals surface area contributed by atoms with Gasteiger partial charge in [0.05, 0.1) is 17.7 Å². The van der Waals surface area contributed by atoms with Crippen LogP contribution in [-0.4, -0.2) is 17.6 Å². The maximum atomic E-state index is 13.0. The molecule has 1 atom stereocenters. The molecular weight excluding hydrogens is 238 g/mol. The second kappa shape index (κ2) is 5.75. The third-order valence-electron chi connectivity index (χ3n) is 2.06. The van der Waals surface area contributed by atoms with Gasteiger partial charge in [0.1, 0.15) is 6.61 Å². The van der Waals surface area contributed by atoms with E-state index in [9.17, 15) is 8.78 Å². The fourth-order valence-corrected chi connectivity index (χ4v) is 1.11. The normalized spacial score (nSPS) is 12.4. The number of benzene rings is 1. The summed E-state index contributed by atoms with van der Waals surface area (Å²) in [6, 6.07) is 5.83. The fourth-order valence-electron chi connectivity index (χ4n) is 1.11. The molecule has 1 aromatic carbocycles. The van der Waals surface area contributed by atoms with Crippen LogP contribution in [0.15, 0.2) is 24.3 Å². The topological polar surface area (TPSA) is 70.0 Å². The quantitative estimate of drug-likeness (QED) is 0.854. The van der Waals surface area contributed by atoms with E-state index < -0.39 is 18.6 Å². The zero-order chi connectivity index (χ0) is 11.5. The first-order valence-electron chi connectivity index (χ1n) is 4.25. The van der Waals surface area contributed by atoms with Gasteiger partial charge in [0.15, 0.2) is 0 Å². The minimum absolute atomic E-state index is 0. The van der Waals surface area contributed by atoms with E-state index >= 15 is 0 Å². The highest BCUT2D eigenvalue weighted by atomic mass is 35.5. The van der Waals surface area contributed by atoms with Crippen molar-refractivity contribution in [1.29, 1.82) is 5.26 Å². The standard InChI is InChI=1S/C10H10F2N2O.ClH/c11-10(12,6-15)9(14)8-3-1-7(5-13)2-4-8;/h1-4,9,15H,6,14H2;1H/t9-;/m1./s1. The minimum atomic E-state index is -3.35. The molecule has 1 aromatic rings. The van der Waals surface area contributed by atoms with Crippen molar-refractivity contribution in [1.82, 2.24) is 0 Å². The number of rotatable bonds is 3. The van der Waals surface area contributed by atoms with Crippen molar-refractivity contribution < 1.29 is 13.9 Å². The Morgan fingerprint density at radius 2 is 1.88 bits per heavy atom. The van der Waals surface area contributed by atoms with Gasteiger partial charge in [0.2, 0.25) is 0 Å². The molecule has 0 saturated carbocycles. The van der Waals surface area contributed by atoms with Crippen LogP contribution in [0.5, 0.6) is 0 Å². The van der Waals surface area contributed by atoms with E-state index in [0.717, 1.165) is 0 Å². The summed E-state index contributed by atoms with van der Waals surface area (Å²) in [5.41, 5.74) is 5.84. The van der Waals surface area contributed by atoms with Crippen molar-refractivity contribution in [2.75, 3.05) is 6.61 Å². The smallest absolute Gasteiger partial charge is 0.289 e. The van der Waals surface area contributed by atoms with E-state index in [-0.39, 0.29) is 18.0 Å². The predicted molar refractivity (Wildman–Crippen MR) is 57.4 cm³/mol. The number of hydrogen-bond acceptors (Lipinski definition) is 3. The van der Waals surface area contributed by atoms with Gasteiger partial charge in [-0.2, -0.15) is 5.26 Å². The van der Waals surface area contributed by atoms with E-state index in [1.807, 2.05) is 6.07 Å². The van der Waals surface area contributed by atoms with Crippen molar-refractivity contribution in [2.24, 2.45) is 5.73 Å². The Kier molecular flexibility index (Phi) is 5.31. The Bertz CT molecular complexity index is 375. The van der Waals surface area contributed by atoms with Crippen LogP contribution in [0.1, 0.15) is 17.2 Å². The van der Waals surface area contributed by atoms with Crippen molar-refractivity contribution in [3.8, 4) is 6.07 Å². The summed E-state index contributed by atoms with van der Waals surface area (Å²) < 4.78 is 25.9. The van der Waals surface area contributed by atoms with Crippen LogP contribution in [0, 0.1) is 11.3 Å². The summed E-state index contributed by atoms with van der Waals surface area (Å²) in [6.07, 6.45) is 0. The maximum Gasteiger partial charge on any atom is 0.289 e. The molecule has 0 aromatic heterocycles. The molecule has 0 fully saturated rings. The van der Waals surface area contributed by atoms with Gasteiger partial charge >= 0.3 is 0 Å². The average Bonchev–Trinajstić information content (AvgIpc) is 2.28. The lowest BCUT2D eigenvalue weighted by molar-refractivity contribution is -0.0711. The molecule has 6 heteroatoms. The molecule has 0 bridgehead atoms. The molecule has 0 spiro atoms.